The van der Waals surface area contributed by atoms with Gasteiger partial charge in [0.15, 0.2) is 0 Å². The van der Waals surface area contributed by atoms with E-state index in [-0.39, 0.29) is 16.4 Å². The first-order valence-corrected chi connectivity index (χ1v) is 5.65. The largest absolute Gasteiger partial charge is 0.478 e. The Hall–Kier alpha value is -1.47. The van der Waals surface area contributed by atoms with Gasteiger partial charge >= 0.3 is 5.97 Å². The van der Waals surface area contributed by atoms with Gasteiger partial charge in [-0.1, -0.05) is 11.6 Å². The highest BCUT2D eigenvalue weighted by Gasteiger charge is 2.45. The van der Waals surface area contributed by atoms with Gasteiger partial charge in [0, 0.05) is 6.20 Å². The number of carboxylic acid groups (broad SMARTS) is 1. The topological polar surface area (TPSA) is 82.5 Å². The number of aliphatic hydroxyl groups is 1. The Labute approximate surface area is 113 Å². The Morgan fingerprint density at radius 1 is 1.53 bits per heavy atom. The van der Waals surface area contributed by atoms with Crippen LogP contribution in [0, 0.1) is 0 Å². The summed E-state index contributed by atoms with van der Waals surface area (Å²) >= 11 is 5.58. The summed E-state index contributed by atoms with van der Waals surface area (Å²) in [6, 6.07) is 1.13. The van der Waals surface area contributed by atoms with Crippen molar-refractivity contribution < 1.29 is 23.8 Å². The molecule has 1 rings (SSSR count). The molecule has 0 saturated heterocycles. The molecule has 0 aliphatic heterocycles. The number of halogens is 3. The molecule has 0 atom stereocenters. The zero-order chi connectivity index (χ0) is 14.8. The summed E-state index contributed by atoms with van der Waals surface area (Å²) in [5, 5.41) is 20.4. The highest BCUT2D eigenvalue weighted by Crippen LogP contribution is 2.29. The second kappa shape index (κ2) is 5.26. The Balaban J connectivity index is 2.95. The van der Waals surface area contributed by atoms with Crippen molar-refractivity contribution >= 4 is 23.3 Å². The molecule has 0 aromatic carbocycles. The fraction of sp³-hybridized carbons (Fsp3) is 0.455. The Morgan fingerprint density at radius 3 is 2.58 bits per heavy atom. The molecule has 5 nitrogen and oxygen atoms in total. The van der Waals surface area contributed by atoms with E-state index >= 15 is 0 Å². The van der Waals surface area contributed by atoms with Gasteiger partial charge in [-0.3, -0.25) is 0 Å². The number of nitrogens with one attached hydrogen (secondary N) is 1. The van der Waals surface area contributed by atoms with Gasteiger partial charge in [0.2, 0.25) is 0 Å². The van der Waals surface area contributed by atoms with E-state index in [1.807, 2.05) is 0 Å². The van der Waals surface area contributed by atoms with Crippen LogP contribution in [0.3, 0.4) is 0 Å². The van der Waals surface area contributed by atoms with Gasteiger partial charge in [0.05, 0.1) is 12.2 Å². The lowest BCUT2D eigenvalue weighted by Crippen LogP contribution is -2.47. The molecule has 19 heavy (non-hydrogen) atoms. The number of carboxylic acids is 1. The lowest BCUT2D eigenvalue weighted by molar-refractivity contribution is -0.151. The zero-order valence-electron chi connectivity index (χ0n) is 10.2. The molecule has 1 aromatic rings. The first-order chi connectivity index (χ1) is 8.54. The summed E-state index contributed by atoms with van der Waals surface area (Å²) in [6.45, 7) is 0.996. The second-order valence-corrected chi connectivity index (χ2v) is 4.86. The lowest BCUT2D eigenvalue weighted by Gasteiger charge is -2.29. The Bertz CT molecular complexity index is 489. The number of alkyl halides is 2. The van der Waals surface area contributed by atoms with Gasteiger partial charge < -0.3 is 15.5 Å². The van der Waals surface area contributed by atoms with Gasteiger partial charge in [-0.15, -0.1) is 0 Å². The number of carbonyl (C=O) groups is 1. The van der Waals surface area contributed by atoms with Gasteiger partial charge in [-0.05, 0) is 19.9 Å². The summed E-state index contributed by atoms with van der Waals surface area (Å²) < 4.78 is 27.1. The minimum Gasteiger partial charge on any atom is -0.478 e. The molecule has 0 saturated carbocycles. The number of anilines is 1. The van der Waals surface area contributed by atoms with E-state index in [2.05, 4.69) is 10.3 Å². The van der Waals surface area contributed by atoms with Crippen LogP contribution in [-0.2, 0) is 0 Å². The molecule has 0 fully saturated rings. The minimum atomic E-state index is -3.45. The third kappa shape index (κ3) is 3.74. The average Bonchev–Trinajstić information content (AvgIpc) is 2.24. The van der Waals surface area contributed by atoms with Crippen LogP contribution in [0.15, 0.2) is 12.3 Å². The fourth-order valence-electron chi connectivity index (χ4n) is 1.17. The van der Waals surface area contributed by atoms with Crippen LogP contribution >= 0.6 is 11.6 Å². The molecule has 1 heterocycles. The van der Waals surface area contributed by atoms with E-state index in [0.29, 0.717) is 0 Å². The van der Waals surface area contributed by atoms with Crippen molar-refractivity contribution in [3.63, 3.8) is 0 Å². The summed E-state index contributed by atoms with van der Waals surface area (Å²) in [5.41, 5.74) is -2.60. The third-order valence-electron chi connectivity index (χ3n) is 2.50. The van der Waals surface area contributed by atoms with Crippen molar-refractivity contribution in [1.82, 2.24) is 4.98 Å². The molecule has 0 radical (unpaired) electrons. The molecular weight excluding hydrogens is 282 g/mol. The van der Waals surface area contributed by atoms with Crippen molar-refractivity contribution in [3.05, 3.63) is 23.0 Å². The van der Waals surface area contributed by atoms with E-state index in [1.54, 1.807) is 0 Å². The van der Waals surface area contributed by atoms with Gasteiger partial charge in [0.1, 0.15) is 16.3 Å². The maximum absolute atomic E-state index is 13.5. The van der Waals surface area contributed by atoms with Crippen LogP contribution in [0.4, 0.5) is 14.5 Å². The molecular formula is C11H13ClF2N2O3. The van der Waals surface area contributed by atoms with Crippen LogP contribution < -0.4 is 5.32 Å². The average molecular weight is 295 g/mol. The number of hydrogen-bond donors (Lipinski definition) is 3. The summed E-state index contributed by atoms with van der Waals surface area (Å²) in [4.78, 5) is 14.5. The van der Waals surface area contributed by atoms with Crippen LogP contribution in [0.5, 0.6) is 0 Å². The second-order valence-electron chi connectivity index (χ2n) is 4.47. The molecule has 0 aliphatic rings. The van der Waals surface area contributed by atoms with Crippen molar-refractivity contribution in [2.24, 2.45) is 0 Å². The van der Waals surface area contributed by atoms with Gasteiger partial charge in [-0.25, -0.2) is 18.6 Å². The molecule has 0 spiro atoms. The smallest absolute Gasteiger partial charge is 0.339 e. The normalized spacial score (nSPS) is 12.3. The number of aromatic nitrogens is 1. The molecule has 106 valence electrons. The van der Waals surface area contributed by atoms with Gasteiger partial charge in [0.25, 0.3) is 5.92 Å². The maximum Gasteiger partial charge on any atom is 0.339 e. The quantitative estimate of drug-likeness (QED) is 0.726. The predicted octanol–water partition coefficient (Wildman–Crippen LogP) is 2.25. The highest BCUT2D eigenvalue weighted by atomic mass is 35.5. The maximum atomic E-state index is 13.5. The molecule has 0 bridgehead atoms. The van der Waals surface area contributed by atoms with Crippen molar-refractivity contribution in [2.45, 2.75) is 25.4 Å². The van der Waals surface area contributed by atoms with Crippen LogP contribution in [0.1, 0.15) is 24.2 Å². The first kappa shape index (κ1) is 15.6. The van der Waals surface area contributed by atoms with Crippen molar-refractivity contribution in [3.8, 4) is 0 Å². The number of aromatic carboxylic acids is 1. The van der Waals surface area contributed by atoms with Crippen LogP contribution in [0.2, 0.25) is 5.15 Å². The summed E-state index contributed by atoms with van der Waals surface area (Å²) in [7, 11) is 0. The first-order valence-electron chi connectivity index (χ1n) is 5.27. The van der Waals surface area contributed by atoms with E-state index in [1.165, 1.54) is 0 Å². The zero-order valence-corrected chi connectivity index (χ0v) is 11.0. The molecule has 0 amide bonds. The van der Waals surface area contributed by atoms with E-state index < -0.39 is 24.0 Å². The van der Waals surface area contributed by atoms with E-state index in [4.69, 9.17) is 16.7 Å². The molecule has 0 aliphatic carbocycles. The third-order valence-corrected chi connectivity index (χ3v) is 2.70. The summed E-state index contributed by atoms with van der Waals surface area (Å²) in [5.74, 6) is -4.77. The number of hydrogen-bond acceptors (Lipinski definition) is 4. The van der Waals surface area contributed by atoms with Crippen molar-refractivity contribution in [2.75, 3.05) is 11.9 Å². The van der Waals surface area contributed by atoms with E-state index in [0.717, 1.165) is 26.1 Å². The monoisotopic (exact) mass is 294 g/mol. The number of rotatable bonds is 5. The fourth-order valence-corrected chi connectivity index (χ4v) is 1.33. The minimum absolute atomic E-state index is 0.0286. The van der Waals surface area contributed by atoms with Crippen molar-refractivity contribution in [1.29, 1.82) is 0 Å². The molecule has 0 unspecified atom stereocenters. The number of pyridine rings is 1. The molecule has 3 N–H and O–H groups in total. The standard InChI is InChI=1S/C11H13ClF2N2O3/c1-10(2,19)11(13,14)5-16-7-3-8(12)15-4-6(7)9(17)18/h3-4,19H,5H2,1-2H3,(H,15,16)(H,17,18). The predicted molar refractivity (Wildman–Crippen MR) is 65.9 cm³/mol. The SMILES string of the molecule is CC(C)(O)C(F)(F)CNc1cc(Cl)ncc1C(=O)O. The van der Waals surface area contributed by atoms with Crippen LogP contribution in [0.25, 0.3) is 0 Å². The Morgan fingerprint density at radius 2 is 2.11 bits per heavy atom. The van der Waals surface area contributed by atoms with Gasteiger partial charge in [-0.2, -0.15) is 0 Å². The number of nitrogens with zero attached hydrogens (tertiary/aromatic N) is 1. The summed E-state index contributed by atoms with van der Waals surface area (Å²) in [6.07, 6.45) is 0.967. The Kier molecular flexibility index (Phi) is 4.32. The van der Waals surface area contributed by atoms with E-state index in [9.17, 15) is 18.7 Å². The highest BCUT2D eigenvalue weighted by molar-refractivity contribution is 6.29. The molecule has 8 heteroatoms. The van der Waals surface area contributed by atoms with Crippen LogP contribution in [-0.4, -0.2) is 39.2 Å². The molecule has 1 aromatic heterocycles. The lowest BCUT2D eigenvalue weighted by atomic mass is 10.0.